The summed E-state index contributed by atoms with van der Waals surface area (Å²) in [5.41, 5.74) is 10.7. The number of fused-ring (bicyclic) bond motifs is 8. The Bertz CT molecular complexity index is 2760. The van der Waals surface area contributed by atoms with Crippen LogP contribution in [-0.4, -0.2) is 64.2 Å². The van der Waals surface area contributed by atoms with E-state index in [2.05, 4.69) is 9.97 Å². The second-order valence-corrected chi connectivity index (χ2v) is 14.0. The van der Waals surface area contributed by atoms with Crippen LogP contribution in [-0.2, 0) is 16.5 Å². The number of aromatic nitrogens is 4. The number of carboxylic acid groups (broad SMARTS) is 4. The largest absolute Gasteiger partial charge is 0.478 e. The number of nitrogens with one attached hydrogen (secondary N) is 2. The van der Waals surface area contributed by atoms with Crippen LogP contribution >= 0.6 is 0 Å². The third-order valence-corrected chi connectivity index (χ3v) is 10.4. The van der Waals surface area contributed by atoms with Crippen LogP contribution in [0.1, 0.15) is 64.2 Å². The molecule has 0 unspecified atom stereocenters. The van der Waals surface area contributed by atoms with E-state index in [0.29, 0.717) is 89.4 Å². The summed E-state index contributed by atoms with van der Waals surface area (Å²) in [6, 6.07) is 33.6. The minimum Gasteiger partial charge on any atom is -0.478 e. The minimum absolute atomic E-state index is 0. The fourth-order valence-electron chi connectivity index (χ4n) is 7.54. The first-order valence-corrected chi connectivity index (χ1v) is 18.5. The van der Waals surface area contributed by atoms with Crippen LogP contribution < -0.4 is 0 Å². The van der Waals surface area contributed by atoms with E-state index >= 15 is 0 Å². The van der Waals surface area contributed by atoms with Gasteiger partial charge in [0, 0.05) is 60.8 Å². The van der Waals surface area contributed by atoms with Crippen LogP contribution in [0.25, 0.3) is 90.9 Å². The Labute approximate surface area is 355 Å². The molecule has 0 spiro atoms. The van der Waals surface area contributed by atoms with Gasteiger partial charge in [-0.1, -0.05) is 48.5 Å². The summed E-state index contributed by atoms with van der Waals surface area (Å²) < 4.78 is 0. The van der Waals surface area contributed by atoms with E-state index in [-0.39, 0.29) is 38.7 Å². The van der Waals surface area contributed by atoms with Crippen LogP contribution in [0.3, 0.4) is 0 Å². The number of H-pyrrole nitrogens is 2. The summed E-state index contributed by atoms with van der Waals surface area (Å²) in [5, 5.41) is 38.7. The van der Waals surface area contributed by atoms with Crippen molar-refractivity contribution < 1.29 is 56.1 Å². The molecular weight excluding hydrogens is 819 g/mol. The smallest absolute Gasteiger partial charge is 0.335 e. The molecule has 2 aliphatic heterocycles. The zero-order chi connectivity index (χ0) is 41.7. The Kier molecular flexibility index (Phi) is 10.3. The molecule has 4 aromatic carbocycles. The molecule has 9 rings (SSSR count). The van der Waals surface area contributed by atoms with Crippen LogP contribution in [0, 0.1) is 0 Å². The van der Waals surface area contributed by atoms with Gasteiger partial charge in [0.05, 0.1) is 45.0 Å². The maximum absolute atomic E-state index is 11.8. The Morgan fingerprint density at radius 3 is 0.705 bits per heavy atom. The molecule has 0 fully saturated rings. The van der Waals surface area contributed by atoms with Gasteiger partial charge >= 0.3 is 23.9 Å². The molecule has 0 radical (unpaired) electrons. The van der Waals surface area contributed by atoms with Gasteiger partial charge in [-0.15, -0.1) is 0 Å². The minimum atomic E-state index is -1.06. The van der Waals surface area contributed by atoms with E-state index in [1.165, 1.54) is 48.5 Å². The number of carbonyl (C=O) groups is 4. The van der Waals surface area contributed by atoms with E-state index < -0.39 is 23.9 Å². The predicted octanol–water partition coefficient (Wildman–Crippen LogP) is 10.1. The van der Waals surface area contributed by atoms with Gasteiger partial charge in [0.25, 0.3) is 0 Å². The summed E-state index contributed by atoms with van der Waals surface area (Å²) in [7, 11) is 0. The SMILES string of the molecule is O=C(O)c1ccc(-c2c3nc(c(-c4ccc(C(=O)O)cc4)c4ccc([nH]4)c(-c4ccc(C(=O)O)cc4)c4nc(c(-c5ccc(C(=O)O)cc5)c5ccc2[nH]5)C=C4)C=C3)cc1.[Ni]. The van der Waals surface area contributed by atoms with Crippen molar-refractivity contribution in [2.45, 2.75) is 0 Å². The van der Waals surface area contributed by atoms with E-state index in [9.17, 15) is 39.6 Å². The number of carboxylic acids is 4. The Balaban J connectivity index is 0.00000514. The molecule has 8 bridgehead atoms. The third-order valence-electron chi connectivity index (χ3n) is 10.4. The number of benzene rings is 4. The molecular formula is C48H30N4NiO8. The van der Waals surface area contributed by atoms with Gasteiger partial charge in [0.1, 0.15) is 0 Å². The van der Waals surface area contributed by atoms with E-state index in [0.717, 1.165) is 0 Å². The maximum Gasteiger partial charge on any atom is 0.335 e. The van der Waals surface area contributed by atoms with Crippen LogP contribution in [0.5, 0.6) is 0 Å². The van der Waals surface area contributed by atoms with Gasteiger partial charge in [-0.3, -0.25) is 0 Å². The number of nitrogens with zero attached hydrogens (tertiary/aromatic N) is 2. The van der Waals surface area contributed by atoms with Crippen LogP contribution in [0.4, 0.5) is 0 Å². The van der Waals surface area contributed by atoms with Crippen LogP contribution in [0.2, 0.25) is 0 Å². The van der Waals surface area contributed by atoms with Crippen molar-refractivity contribution in [3.05, 3.63) is 166 Å². The van der Waals surface area contributed by atoms with Gasteiger partial charge in [-0.25, -0.2) is 29.1 Å². The van der Waals surface area contributed by atoms with Crippen molar-refractivity contribution in [3.63, 3.8) is 0 Å². The first-order chi connectivity index (χ1) is 29.0. The molecule has 5 heterocycles. The van der Waals surface area contributed by atoms with Gasteiger partial charge in [0.2, 0.25) is 0 Å². The number of aromatic carboxylic acids is 4. The van der Waals surface area contributed by atoms with E-state index in [1.807, 2.05) is 48.6 Å². The molecule has 0 aliphatic carbocycles. The molecule has 6 N–H and O–H groups in total. The van der Waals surface area contributed by atoms with Crippen molar-refractivity contribution in [2.75, 3.05) is 0 Å². The third kappa shape index (κ3) is 7.41. The predicted molar refractivity (Wildman–Crippen MR) is 228 cm³/mol. The summed E-state index contributed by atoms with van der Waals surface area (Å²) >= 11 is 0. The van der Waals surface area contributed by atoms with Crippen molar-refractivity contribution in [1.29, 1.82) is 0 Å². The fourth-order valence-corrected chi connectivity index (χ4v) is 7.54. The standard InChI is InChI=1S/C48H30N4O8.Ni/c53-45(54)29-9-1-25(2-10-29)41-33-17-19-35(49-33)42(26-3-11-30(12-4-26)46(55)56)37-21-23-39(51-37)44(28-7-15-32(16-8-28)48(59)60)40-24-22-38(52-40)43(36-20-18-34(41)50-36)27-5-13-31(14-6-27)47(57)58;/h1-24,49,52H,(H,53,54)(H,55,56)(H,57,58)(H,59,60);. The molecule has 61 heavy (non-hydrogen) atoms. The van der Waals surface area contributed by atoms with Gasteiger partial charge < -0.3 is 30.4 Å². The average molecular weight is 849 g/mol. The molecule has 2 aliphatic rings. The van der Waals surface area contributed by atoms with Crippen molar-refractivity contribution in [1.82, 2.24) is 19.9 Å². The van der Waals surface area contributed by atoms with Crippen LogP contribution in [0.15, 0.2) is 121 Å². The first kappa shape index (κ1) is 39.7. The molecule has 7 aromatic rings. The van der Waals surface area contributed by atoms with Crippen molar-refractivity contribution in [3.8, 4) is 44.5 Å². The quantitative estimate of drug-likeness (QED) is 0.0798. The van der Waals surface area contributed by atoms with Crippen molar-refractivity contribution in [2.24, 2.45) is 0 Å². The number of hydrogen-bond acceptors (Lipinski definition) is 6. The van der Waals surface area contributed by atoms with E-state index in [4.69, 9.17) is 9.97 Å². The zero-order valence-corrected chi connectivity index (χ0v) is 32.5. The van der Waals surface area contributed by atoms with Gasteiger partial charge in [-0.2, -0.15) is 0 Å². The molecule has 0 amide bonds. The molecule has 3 aromatic heterocycles. The summed E-state index contributed by atoms with van der Waals surface area (Å²) in [4.78, 5) is 64.8. The topological polar surface area (TPSA) is 207 Å². The normalized spacial score (nSPS) is 11.5. The molecule has 300 valence electrons. The average Bonchev–Trinajstić information content (AvgIpc) is 4.10. The number of rotatable bonds is 8. The summed E-state index contributed by atoms with van der Waals surface area (Å²) in [5.74, 6) is -4.25. The Hall–Kier alpha value is -8.15. The van der Waals surface area contributed by atoms with Gasteiger partial charge in [0.15, 0.2) is 0 Å². The molecule has 0 saturated carbocycles. The monoisotopic (exact) mass is 848 g/mol. The number of aromatic amines is 2. The second-order valence-electron chi connectivity index (χ2n) is 14.0. The zero-order valence-electron chi connectivity index (χ0n) is 31.5. The summed E-state index contributed by atoms with van der Waals surface area (Å²) in [6.07, 6.45) is 7.47. The first-order valence-electron chi connectivity index (χ1n) is 18.5. The fraction of sp³-hybridized carbons (Fsp3) is 0. The van der Waals surface area contributed by atoms with Crippen molar-refractivity contribution >= 4 is 70.2 Å². The Morgan fingerprint density at radius 2 is 0.525 bits per heavy atom. The molecule has 13 heteroatoms. The van der Waals surface area contributed by atoms with E-state index in [1.54, 1.807) is 48.5 Å². The second kappa shape index (κ2) is 15.9. The van der Waals surface area contributed by atoms with Gasteiger partial charge in [-0.05, 0) is 119 Å². The Morgan fingerprint density at radius 1 is 0.328 bits per heavy atom. The summed E-state index contributed by atoms with van der Waals surface area (Å²) in [6.45, 7) is 0. The molecule has 12 nitrogen and oxygen atoms in total. The molecule has 0 atom stereocenters. The maximum atomic E-state index is 11.8. The molecule has 0 saturated heterocycles. The number of hydrogen-bond donors (Lipinski definition) is 6.